The molecule has 0 saturated heterocycles. The summed E-state index contributed by atoms with van der Waals surface area (Å²) in [5, 5.41) is 20.9. The number of aliphatic carboxylic acids is 1. The van der Waals surface area contributed by atoms with E-state index < -0.39 is 26.6 Å². The number of carbonyl (C=O) groups excluding carboxylic acids is 1. The molecule has 0 aromatic heterocycles. The summed E-state index contributed by atoms with van der Waals surface area (Å²) < 4.78 is 0. The number of hydrogen-bond donors (Lipinski definition) is 4. The van der Waals surface area contributed by atoms with Crippen LogP contribution in [0.25, 0.3) is 0 Å². The van der Waals surface area contributed by atoms with Crippen molar-refractivity contribution >= 4 is 20.0 Å². The number of amides is 1. The molecule has 0 saturated carbocycles. The third kappa shape index (κ3) is 9.50. The lowest BCUT2D eigenvalue weighted by molar-refractivity contribution is -0.135. The lowest BCUT2D eigenvalue weighted by Crippen LogP contribution is -2.29. The van der Waals surface area contributed by atoms with Gasteiger partial charge in [-0.3, -0.25) is 9.59 Å². The summed E-state index contributed by atoms with van der Waals surface area (Å²) in [4.78, 5) is 32.4. The molecule has 170 valence electrons. The summed E-state index contributed by atoms with van der Waals surface area (Å²) in [5.41, 5.74) is 5.33. The van der Waals surface area contributed by atoms with Crippen LogP contribution < -0.4 is 5.32 Å². The summed E-state index contributed by atoms with van der Waals surface area (Å²) in [6, 6.07) is 8.91. The first-order chi connectivity index (χ1) is 14.4. The van der Waals surface area contributed by atoms with E-state index in [1.807, 2.05) is 20.5 Å². The van der Waals surface area contributed by atoms with E-state index in [4.69, 9.17) is 5.11 Å². The largest absolute Gasteiger partial charge is 0.507 e. The van der Waals surface area contributed by atoms with Crippen LogP contribution >= 0.6 is 8.15 Å². The third-order valence-electron chi connectivity index (χ3n) is 4.25. The summed E-state index contributed by atoms with van der Waals surface area (Å²) >= 11 is 0. The monoisotopic (exact) mass is 447 g/mol. The fraction of sp³-hybridized carbons (Fsp3) is 0.417. The molecular formula is C24H34NO5P. The van der Waals surface area contributed by atoms with E-state index in [1.165, 1.54) is 6.07 Å². The Kier molecular flexibility index (Phi) is 10.7. The van der Waals surface area contributed by atoms with Crippen LogP contribution in [0.15, 0.2) is 30.3 Å². The third-order valence-corrected chi connectivity index (χ3v) is 5.08. The minimum Gasteiger partial charge on any atom is -0.507 e. The Hall–Kier alpha value is -2.43. The molecule has 2 aromatic carbocycles. The molecule has 0 radical (unpaired) electrons. The number of rotatable bonds is 7. The maximum atomic E-state index is 12.1. The number of carboxylic acid groups (broad SMARTS) is 1. The topological polar surface area (TPSA) is 107 Å². The van der Waals surface area contributed by atoms with Crippen LogP contribution in [0.4, 0.5) is 0 Å². The predicted octanol–water partition coefficient (Wildman–Crippen LogP) is 4.60. The van der Waals surface area contributed by atoms with Gasteiger partial charge in [0.05, 0.1) is 5.56 Å². The van der Waals surface area contributed by atoms with E-state index in [-0.39, 0.29) is 11.3 Å². The predicted molar refractivity (Wildman–Crippen MR) is 126 cm³/mol. The minimum atomic E-state index is -1.15. The van der Waals surface area contributed by atoms with Crippen molar-refractivity contribution in [2.24, 2.45) is 5.92 Å². The van der Waals surface area contributed by atoms with E-state index in [1.54, 1.807) is 12.1 Å². The highest BCUT2D eigenvalue weighted by molar-refractivity contribution is 7.49. The summed E-state index contributed by atoms with van der Waals surface area (Å²) in [5.74, 6) is -1.13. The van der Waals surface area contributed by atoms with Gasteiger partial charge in [0, 0.05) is 14.3 Å². The number of hydrogen-bond acceptors (Lipinski definition) is 4. The average Bonchev–Trinajstić information content (AvgIpc) is 2.63. The maximum absolute atomic E-state index is 12.1. The van der Waals surface area contributed by atoms with Gasteiger partial charge in [0.15, 0.2) is 0 Å². The lowest BCUT2D eigenvalue weighted by atomic mass is 9.93. The van der Waals surface area contributed by atoms with E-state index in [2.05, 4.69) is 38.2 Å². The van der Waals surface area contributed by atoms with Gasteiger partial charge >= 0.3 is 5.97 Å². The first-order valence-corrected chi connectivity index (χ1v) is 12.1. The highest BCUT2D eigenvalue weighted by Crippen LogP contribution is 2.32. The summed E-state index contributed by atoms with van der Waals surface area (Å²) in [7, 11) is -0.997. The Balaban J connectivity index is 0.00000110. The first-order valence-electron chi connectivity index (χ1n) is 10.2. The van der Waals surface area contributed by atoms with Crippen molar-refractivity contribution in [1.29, 1.82) is 0 Å². The quantitative estimate of drug-likeness (QED) is 0.464. The molecule has 1 atom stereocenters. The Labute approximate surface area is 186 Å². The Morgan fingerprint density at radius 2 is 1.58 bits per heavy atom. The Morgan fingerprint density at radius 1 is 1.03 bits per heavy atom. The molecule has 0 aliphatic rings. The first kappa shape index (κ1) is 26.6. The standard InChI is InChI=1S/C20H24NO5P.C4H10/c1-12-6-15(11-27(3)26)7-13(2)16(12)8-14-4-5-18(22)17(9-14)20(25)21-10-19(23)24;1-4(2)3/h4-7,9,22,26H,8,10-11H2,1-3H3,(H,21,25)(H,23,24);4H,1-3H3. The molecule has 0 spiro atoms. The van der Waals surface area contributed by atoms with E-state index in [0.717, 1.165) is 33.7 Å². The molecule has 6 nitrogen and oxygen atoms in total. The second kappa shape index (κ2) is 12.4. The molecule has 31 heavy (non-hydrogen) atoms. The fourth-order valence-corrected chi connectivity index (χ4v) is 3.76. The molecule has 0 heterocycles. The normalized spacial score (nSPS) is 11.5. The highest BCUT2D eigenvalue weighted by Gasteiger charge is 2.14. The molecule has 7 heteroatoms. The van der Waals surface area contributed by atoms with Crippen molar-refractivity contribution in [3.05, 3.63) is 63.7 Å². The van der Waals surface area contributed by atoms with Gasteiger partial charge in [-0.1, -0.05) is 39.0 Å². The Morgan fingerprint density at radius 3 is 2.06 bits per heavy atom. The van der Waals surface area contributed by atoms with Gasteiger partial charge in [-0.2, -0.15) is 0 Å². The zero-order chi connectivity index (χ0) is 23.7. The fourth-order valence-electron chi connectivity index (χ4n) is 3.05. The molecule has 1 unspecified atom stereocenters. The van der Waals surface area contributed by atoms with Crippen LogP contribution in [-0.4, -0.2) is 40.2 Å². The van der Waals surface area contributed by atoms with Crippen molar-refractivity contribution in [1.82, 2.24) is 5.32 Å². The smallest absolute Gasteiger partial charge is 0.322 e. The van der Waals surface area contributed by atoms with Crippen molar-refractivity contribution in [2.45, 2.75) is 47.2 Å². The van der Waals surface area contributed by atoms with E-state index >= 15 is 0 Å². The number of aryl methyl sites for hydroxylation is 2. The van der Waals surface area contributed by atoms with Gasteiger partial charge in [-0.15, -0.1) is 0 Å². The maximum Gasteiger partial charge on any atom is 0.322 e. The molecule has 0 fully saturated rings. The molecular weight excluding hydrogens is 413 g/mol. The second-order valence-electron chi connectivity index (χ2n) is 8.36. The van der Waals surface area contributed by atoms with Crippen LogP contribution in [0.1, 0.15) is 58.9 Å². The zero-order valence-electron chi connectivity index (χ0n) is 19.2. The number of phenols is 1. The molecule has 2 rings (SSSR count). The molecule has 0 bridgehead atoms. The molecule has 0 aliphatic heterocycles. The van der Waals surface area contributed by atoms with Crippen molar-refractivity contribution in [3.63, 3.8) is 0 Å². The van der Waals surface area contributed by atoms with Crippen molar-refractivity contribution in [2.75, 3.05) is 13.2 Å². The molecule has 4 N–H and O–H groups in total. The van der Waals surface area contributed by atoms with Gasteiger partial charge < -0.3 is 20.4 Å². The highest BCUT2D eigenvalue weighted by atomic mass is 31.1. The Bertz CT molecular complexity index is 883. The van der Waals surface area contributed by atoms with Crippen LogP contribution in [0.5, 0.6) is 5.75 Å². The minimum absolute atomic E-state index is 0.0533. The molecule has 1 amide bonds. The van der Waals surface area contributed by atoms with Crippen LogP contribution in [-0.2, 0) is 17.4 Å². The summed E-state index contributed by atoms with van der Waals surface area (Å²) in [6.07, 6.45) is 1.24. The number of benzene rings is 2. The van der Waals surface area contributed by atoms with Crippen molar-refractivity contribution < 1.29 is 24.7 Å². The summed E-state index contributed by atoms with van der Waals surface area (Å²) in [6.45, 7) is 11.8. The van der Waals surface area contributed by atoms with Gasteiger partial charge in [0.25, 0.3) is 5.91 Å². The lowest BCUT2D eigenvalue weighted by Gasteiger charge is -2.15. The van der Waals surface area contributed by atoms with Gasteiger partial charge in [-0.05, 0) is 72.8 Å². The zero-order valence-corrected chi connectivity index (χ0v) is 20.1. The second-order valence-corrected chi connectivity index (χ2v) is 9.99. The van der Waals surface area contributed by atoms with Crippen LogP contribution in [0.3, 0.4) is 0 Å². The van der Waals surface area contributed by atoms with Gasteiger partial charge in [0.2, 0.25) is 0 Å². The molecule has 2 aromatic rings. The van der Waals surface area contributed by atoms with Crippen molar-refractivity contribution in [3.8, 4) is 5.75 Å². The van der Waals surface area contributed by atoms with Crippen LogP contribution in [0, 0.1) is 19.8 Å². The number of carboxylic acids is 1. The van der Waals surface area contributed by atoms with E-state index in [9.17, 15) is 19.6 Å². The van der Waals surface area contributed by atoms with Crippen LogP contribution in [0.2, 0.25) is 0 Å². The number of carbonyl (C=O) groups is 2. The SMILES string of the molecule is CC(C)C.Cc1cc(CP(C)O)cc(C)c1Cc1ccc(O)c(C(=O)NCC(=O)O)c1. The molecule has 0 aliphatic carbocycles. The number of aromatic hydroxyl groups is 1. The average molecular weight is 448 g/mol. The van der Waals surface area contributed by atoms with Gasteiger partial charge in [0.1, 0.15) is 12.3 Å². The van der Waals surface area contributed by atoms with Gasteiger partial charge in [-0.25, -0.2) is 0 Å². The number of nitrogens with one attached hydrogen (secondary N) is 1. The van der Waals surface area contributed by atoms with E-state index in [0.29, 0.717) is 12.6 Å². The number of phenolic OH excluding ortho intramolecular Hbond substituents is 1.